The van der Waals surface area contributed by atoms with Crippen molar-refractivity contribution in [2.45, 2.75) is 40.0 Å². The summed E-state index contributed by atoms with van der Waals surface area (Å²) in [4.78, 5) is 11.0. The van der Waals surface area contributed by atoms with Crippen LogP contribution in [0.2, 0.25) is 0 Å². The second kappa shape index (κ2) is 5.55. The Kier molecular flexibility index (Phi) is 4.04. The lowest BCUT2D eigenvalue weighted by atomic mass is 9.84. The van der Waals surface area contributed by atoms with Crippen molar-refractivity contribution in [2.24, 2.45) is 5.41 Å². The van der Waals surface area contributed by atoms with E-state index in [1.165, 1.54) is 12.8 Å². The van der Waals surface area contributed by atoms with Gasteiger partial charge in [-0.15, -0.1) is 0 Å². The van der Waals surface area contributed by atoms with E-state index >= 15 is 0 Å². The summed E-state index contributed by atoms with van der Waals surface area (Å²) in [6.45, 7) is 9.96. The second-order valence-corrected chi connectivity index (χ2v) is 5.88. The van der Waals surface area contributed by atoms with Gasteiger partial charge in [0.1, 0.15) is 18.0 Å². The first kappa shape index (κ1) is 13.1. The summed E-state index contributed by atoms with van der Waals surface area (Å²) in [5.41, 5.74) is 0.389. The van der Waals surface area contributed by atoms with Crippen molar-refractivity contribution in [3.05, 3.63) is 12.4 Å². The first-order valence-electron chi connectivity index (χ1n) is 6.91. The molecule has 4 heteroatoms. The van der Waals surface area contributed by atoms with Crippen LogP contribution in [0.3, 0.4) is 0 Å². The number of aromatic nitrogens is 2. The number of anilines is 2. The van der Waals surface area contributed by atoms with Crippen molar-refractivity contribution < 1.29 is 0 Å². The standard InChI is InChI=1S/C14H24N4/c1-4-7-15-12-9-13(17-11-16-12)18-8-5-6-14(2,3)10-18/h9,11H,4-8,10H2,1-3H3,(H,15,16,17). The molecule has 1 N–H and O–H groups in total. The van der Waals surface area contributed by atoms with Crippen LogP contribution >= 0.6 is 0 Å². The molecular weight excluding hydrogens is 224 g/mol. The molecule has 18 heavy (non-hydrogen) atoms. The molecular formula is C14H24N4. The Bertz CT molecular complexity index is 389. The van der Waals surface area contributed by atoms with Gasteiger partial charge in [-0.1, -0.05) is 20.8 Å². The molecule has 0 spiro atoms. The van der Waals surface area contributed by atoms with Crippen LogP contribution in [0.15, 0.2) is 12.4 Å². The van der Waals surface area contributed by atoms with E-state index < -0.39 is 0 Å². The molecule has 1 aliphatic rings. The molecule has 0 aliphatic carbocycles. The SMILES string of the molecule is CCCNc1cc(N2CCCC(C)(C)C2)ncn1. The topological polar surface area (TPSA) is 41.0 Å². The Morgan fingerprint density at radius 2 is 2.22 bits per heavy atom. The Balaban J connectivity index is 2.07. The Hall–Kier alpha value is -1.32. The fourth-order valence-electron chi connectivity index (χ4n) is 2.49. The average Bonchev–Trinajstić information content (AvgIpc) is 2.35. The van der Waals surface area contributed by atoms with Crippen molar-refractivity contribution >= 4 is 11.6 Å². The van der Waals surface area contributed by atoms with Crippen LogP contribution in [0.5, 0.6) is 0 Å². The Morgan fingerprint density at radius 1 is 1.39 bits per heavy atom. The zero-order chi connectivity index (χ0) is 13.0. The van der Waals surface area contributed by atoms with Gasteiger partial charge in [0.15, 0.2) is 0 Å². The maximum atomic E-state index is 4.41. The summed E-state index contributed by atoms with van der Waals surface area (Å²) in [6.07, 6.45) is 5.31. The monoisotopic (exact) mass is 248 g/mol. The number of rotatable bonds is 4. The smallest absolute Gasteiger partial charge is 0.134 e. The van der Waals surface area contributed by atoms with Crippen LogP contribution in [0.25, 0.3) is 0 Å². The van der Waals surface area contributed by atoms with Gasteiger partial charge in [-0.25, -0.2) is 9.97 Å². The summed E-state index contributed by atoms with van der Waals surface area (Å²) < 4.78 is 0. The molecule has 0 aromatic carbocycles. The van der Waals surface area contributed by atoms with Crippen molar-refractivity contribution in [1.82, 2.24) is 9.97 Å². The van der Waals surface area contributed by atoms with Crippen LogP contribution in [0, 0.1) is 5.41 Å². The van der Waals surface area contributed by atoms with Crippen molar-refractivity contribution in [3.8, 4) is 0 Å². The van der Waals surface area contributed by atoms with Crippen molar-refractivity contribution in [2.75, 3.05) is 29.9 Å². The van der Waals surface area contributed by atoms with Crippen LogP contribution in [-0.2, 0) is 0 Å². The van der Waals surface area contributed by atoms with Crippen molar-refractivity contribution in [1.29, 1.82) is 0 Å². The van der Waals surface area contributed by atoms with Gasteiger partial charge >= 0.3 is 0 Å². The molecule has 0 bridgehead atoms. The minimum atomic E-state index is 0.389. The van der Waals surface area contributed by atoms with Gasteiger partial charge < -0.3 is 10.2 Å². The van der Waals surface area contributed by atoms with Gasteiger partial charge in [-0.05, 0) is 24.7 Å². The zero-order valence-electron chi connectivity index (χ0n) is 11.7. The number of nitrogens with zero attached hydrogens (tertiary/aromatic N) is 3. The maximum Gasteiger partial charge on any atom is 0.134 e. The largest absolute Gasteiger partial charge is 0.370 e. The van der Waals surface area contributed by atoms with Gasteiger partial charge in [-0.2, -0.15) is 0 Å². The first-order chi connectivity index (χ1) is 8.61. The normalized spacial score (nSPS) is 18.7. The van der Waals surface area contributed by atoms with E-state index in [9.17, 15) is 0 Å². The summed E-state index contributed by atoms with van der Waals surface area (Å²) >= 11 is 0. The lowest BCUT2D eigenvalue weighted by Crippen LogP contribution is -2.40. The molecule has 0 saturated carbocycles. The van der Waals surface area contributed by atoms with E-state index in [2.05, 4.69) is 47.0 Å². The van der Waals surface area contributed by atoms with Gasteiger partial charge in [0, 0.05) is 25.7 Å². The van der Waals surface area contributed by atoms with Gasteiger partial charge in [0.2, 0.25) is 0 Å². The van der Waals surface area contributed by atoms with E-state index in [1.807, 2.05) is 0 Å². The number of hydrogen-bond acceptors (Lipinski definition) is 4. The zero-order valence-corrected chi connectivity index (χ0v) is 11.7. The van der Waals surface area contributed by atoms with Gasteiger partial charge in [-0.3, -0.25) is 0 Å². The highest BCUT2D eigenvalue weighted by Gasteiger charge is 2.27. The predicted molar refractivity (Wildman–Crippen MR) is 76.0 cm³/mol. The quantitative estimate of drug-likeness (QED) is 0.889. The van der Waals surface area contributed by atoms with Crippen molar-refractivity contribution in [3.63, 3.8) is 0 Å². The molecule has 0 unspecified atom stereocenters. The molecule has 4 nitrogen and oxygen atoms in total. The fourth-order valence-corrected chi connectivity index (χ4v) is 2.49. The van der Waals surface area contributed by atoms with Gasteiger partial charge in [0.05, 0.1) is 0 Å². The Morgan fingerprint density at radius 3 is 2.94 bits per heavy atom. The molecule has 1 aromatic rings. The number of hydrogen-bond donors (Lipinski definition) is 1. The average molecular weight is 248 g/mol. The molecule has 2 rings (SSSR count). The predicted octanol–water partition coefficient (Wildman–Crippen LogP) is 2.92. The van der Waals surface area contributed by atoms with E-state index in [0.29, 0.717) is 5.41 Å². The maximum absolute atomic E-state index is 4.41. The van der Waals surface area contributed by atoms with E-state index in [4.69, 9.17) is 0 Å². The van der Waals surface area contributed by atoms with Gasteiger partial charge in [0.25, 0.3) is 0 Å². The third kappa shape index (κ3) is 3.34. The molecule has 0 amide bonds. The number of piperidine rings is 1. The lowest BCUT2D eigenvalue weighted by Gasteiger charge is -2.38. The third-order valence-electron chi connectivity index (χ3n) is 3.43. The van der Waals surface area contributed by atoms with Crippen LogP contribution in [0.4, 0.5) is 11.6 Å². The minimum Gasteiger partial charge on any atom is -0.370 e. The highest BCUT2D eigenvalue weighted by atomic mass is 15.2. The lowest BCUT2D eigenvalue weighted by molar-refractivity contribution is 0.292. The summed E-state index contributed by atoms with van der Waals surface area (Å²) in [5, 5.41) is 3.32. The Labute approximate surface area is 110 Å². The highest BCUT2D eigenvalue weighted by molar-refractivity contribution is 5.48. The van der Waals surface area contributed by atoms with E-state index in [0.717, 1.165) is 37.7 Å². The minimum absolute atomic E-state index is 0.389. The molecule has 1 fully saturated rings. The highest BCUT2D eigenvalue weighted by Crippen LogP contribution is 2.31. The summed E-state index contributed by atoms with van der Waals surface area (Å²) in [7, 11) is 0. The molecule has 2 heterocycles. The molecule has 0 atom stereocenters. The second-order valence-electron chi connectivity index (χ2n) is 5.88. The summed E-state index contributed by atoms with van der Waals surface area (Å²) in [6, 6.07) is 2.07. The van der Waals surface area contributed by atoms with Crippen LogP contribution in [-0.4, -0.2) is 29.6 Å². The number of nitrogens with one attached hydrogen (secondary N) is 1. The summed E-state index contributed by atoms with van der Waals surface area (Å²) in [5.74, 6) is 1.99. The van der Waals surface area contributed by atoms with E-state index in [-0.39, 0.29) is 0 Å². The molecule has 0 radical (unpaired) electrons. The third-order valence-corrected chi connectivity index (χ3v) is 3.43. The first-order valence-corrected chi connectivity index (χ1v) is 6.91. The fraction of sp³-hybridized carbons (Fsp3) is 0.714. The molecule has 1 aliphatic heterocycles. The molecule has 1 aromatic heterocycles. The van der Waals surface area contributed by atoms with E-state index in [1.54, 1.807) is 6.33 Å². The van der Waals surface area contributed by atoms with Crippen LogP contribution < -0.4 is 10.2 Å². The molecule has 100 valence electrons. The molecule has 1 saturated heterocycles. The van der Waals surface area contributed by atoms with Crippen LogP contribution in [0.1, 0.15) is 40.0 Å².